The Labute approximate surface area is 185 Å². The van der Waals surface area contributed by atoms with Crippen LogP contribution in [-0.2, 0) is 28.4 Å². The number of carboxylic acids is 1. The SMILES string of the molecule is CC[C@@H]1C[C@H](NCc2cc(C(F)(F)F)cc(C(F)(F)F)c2)CN1C(=O)OC1CC(C(=O)O)C1. The van der Waals surface area contributed by atoms with E-state index in [0.29, 0.717) is 25.0 Å². The molecule has 0 bridgehead atoms. The molecule has 1 saturated carbocycles. The zero-order valence-corrected chi connectivity index (χ0v) is 17.7. The van der Waals surface area contributed by atoms with Crippen LogP contribution in [0.25, 0.3) is 0 Å². The second-order valence-electron chi connectivity index (χ2n) is 8.45. The summed E-state index contributed by atoms with van der Waals surface area (Å²) in [4.78, 5) is 24.8. The Balaban J connectivity index is 1.62. The van der Waals surface area contributed by atoms with Crippen molar-refractivity contribution in [2.24, 2.45) is 5.92 Å². The maximum Gasteiger partial charge on any atom is 0.416 e. The number of amides is 1. The number of carbonyl (C=O) groups is 2. The van der Waals surface area contributed by atoms with Gasteiger partial charge >= 0.3 is 24.4 Å². The van der Waals surface area contributed by atoms with Crippen LogP contribution in [0.2, 0.25) is 0 Å². The Morgan fingerprint density at radius 2 is 1.64 bits per heavy atom. The van der Waals surface area contributed by atoms with Crippen LogP contribution in [0.1, 0.15) is 49.3 Å². The fourth-order valence-corrected chi connectivity index (χ4v) is 4.13. The third-order valence-electron chi connectivity index (χ3n) is 6.07. The number of ether oxygens (including phenoxy) is 1. The molecule has 2 aliphatic rings. The number of rotatable bonds is 6. The van der Waals surface area contributed by atoms with Gasteiger partial charge in [-0.15, -0.1) is 0 Å². The number of hydrogen-bond donors (Lipinski definition) is 2. The minimum absolute atomic E-state index is 0.0826. The Bertz CT molecular complexity index is 850. The third kappa shape index (κ3) is 6.10. The molecule has 1 aromatic rings. The van der Waals surface area contributed by atoms with Gasteiger partial charge in [-0.2, -0.15) is 26.3 Å². The summed E-state index contributed by atoms with van der Waals surface area (Å²) in [7, 11) is 0. The maximum absolute atomic E-state index is 13.0. The minimum atomic E-state index is -4.92. The van der Waals surface area contributed by atoms with Crippen molar-refractivity contribution in [2.45, 2.75) is 69.7 Å². The highest BCUT2D eigenvalue weighted by Gasteiger charge is 2.41. The van der Waals surface area contributed by atoms with Gasteiger partial charge in [0.25, 0.3) is 0 Å². The molecule has 2 atom stereocenters. The number of carbonyl (C=O) groups excluding carboxylic acids is 1. The first-order valence-electron chi connectivity index (χ1n) is 10.5. The van der Waals surface area contributed by atoms with Crippen LogP contribution in [0, 0.1) is 5.92 Å². The summed E-state index contributed by atoms with van der Waals surface area (Å²) in [6.07, 6.45) is -9.39. The van der Waals surface area contributed by atoms with Crippen LogP contribution in [0.5, 0.6) is 0 Å². The van der Waals surface area contributed by atoms with Crippen molar-refractivity contribution in [1.29, 1.82) is 0 Å². The second kappa shape index (κ2) is 9.40. The van der Waals surface area contributed by atoms with E-state index in [0.717, 1.165) is 0 Å². The predicted octanol–water partition coefficient (Wildman–Crippen LogP) is 4.67. The summed E-state index contributed by atoms with van der Waals surface area (Å²) in [5.74, 6) is -1.48. The molecule has 2 fully saturated rings. The number of nitrogens with one attached hydrogen (secondary N) is 1. The molecule has 1 aromatic carbocycles. The molecule has 0 spiro atoms. The van der Waals surface area contributed by atoms with Crippen LogP contribution < -0.4 is 5.32 Å². The summed E-state index contributed by atoms with van der Waals surface area (Å²) in [5, 5.41) is 11.8. The zero-order valence-electron chi connectivity index (χ0n) is 17.7. The molecule has 1 aliphatic carbocycles. The van der Waals surface area contributed by atoms with E-state index < -0.39 is 47.6 Å². The highest BCUT2D eigenvalue weighted by Crippen LogP contribution is 2.36. The molecule has 1 heterocycles. The molecule has 0 aromatic heterocycles. The van der Waals surface area contributed by atoms with E-state index in [-0.39, 0.29) is 49.6 Å². The lowest BCUT2D eigenvalue weighted by Crippen LogP contribution is -2.43. The van der Waals surface area contributed by atoms with E-state index >= 15 is 0 Å². The summed E-state index contributed by atoms with van der Waals surface area (Å²) in [6.45, 7) is 1.79. The number of halogens is 6. The molecule has 33 heavy (non-hydrogen) atoms. The van der Waals surface area contributed by atoms with Gasteiger partial charge < -0.3 is 20.1 Å². The van der Waals surface area contributed by atoms with Gasteiger partial charge in [0.2, 0.25) is 0 Å². The summed E-state index contributed by atoms with van der Waals surface area (Å²) < 4.78 is 83.6. The molecule has 6 nitrogen and oxygen atoms in total. The van der Waals surface area contributed by atoms with Gasteiger partial charge in [0.05, 0.1) is 17.0 Å². The second-order valence-corrected chi connectivity index (χ2v) is 8.45. The minimum Gasteiger partial charge on any atom is -0.481 e. The lowest BCUT2D eigenvalue weighted by Gasteiger charge is -2.34. The maximum atomic E-state index is 13.0. The molecular formula is C21H24F6N2O4. The molecular weight excluding hydrogens is 458 g/mol. The monoisotopic (exact) mass is 482 g/mol. The Morgan fingerprint density at radius 3 is 2.12 bits per heavy atom. The summed E-state index contributed by atoms with van der Waals surface area (Å²) in [6, 6.07) is 0.878. The smallest absolute Gasteiger partial charge is 0.416 e. The molecule has 3 rings (SSSR count). The van der Waals surface area contributed by atoms with Gasteiger partial charge in [-0.25, -0.2) is 4.79 Å². The normalized spacial score (nSPS) is 25.6. The quantitative estimate of drug-likeness (QED) is 0.577. The molecule has 184 valence electrons. The first-order valence-corrected chi connectivity index (χ1v) is 10.5. The molecule has 0 unspecified atom stereocenters. The van der Waals surface area contributed by atoms with Crippen LogP contribution in [0.4, 0.5) is 31.1 Å². The highest BCUT2D eigenvalue weighted by atomic mass is 19.4. The number of likely N-dealkylation sites (tertiary alicyclic amines) is 1. The lowest BCUT2D eigenvalue weighted by atomic mass is 9.82. The van der Waals surface area contributed by atoms with Gasteiger partial charge in [0, 0.05) is 25.2 Å². The number of benzene rings is 1. The molecule has 1 aliphatic heterocycles. The number of alkyl halides is 6. The van der Waals surface area contributed by atoms with Crippen LogP contribution in [0.15, 0.2) is 18.2 Å². The zero-order chi connectivity index (χ0) is 24.6. The average Bonchev–Trinajstić information content (AvgIpc) is 3.10. The van der Waals surface area contributed by atoms with Crippen molar-refractivity contribution in [2.75, 3.05) is 6.54 Å². The Hall–Kier alpha value is -2.50. The van der Waals surface area contributed by atoms with E-state index in [9.17, 15) is 35.9 Å². The molecule has 1 saturated heterocycles. The van der Waals surface area contributed by atoms with E-state index in [1.54, 1.807) is 0 Å². The van der Waals surface area contributed by atoms with E-state index in [1.807, 2.05) is 6.92 Å². The fraction of sp³-hybridized carbons (Fsp3) is 0.619. The van der Waals surface area contributed by atoms with E-state index in [4.69, 9.17) is 9.84 Å². The number of nitrogens with zero attached hydrogens (tertiary/aromatic N) is 1. The van der Waals surface area contributed by atoms with E-state index in [2.05, 4.69) is 5.32 Å². The van der Waals surface area contributed by atoms with Gasteiger partial charge in [-0.05, 0) is 49.4 Å². The average molecular weight is 482 g/mol. The lowest BCUT2D eigenvalue weighted by molar-refractivity contribution is -0.149. The van der Waals surface area contributed by atoms with Crippen LogP contribution >= 0.6 is 0 Å². The van der Waals surface area contributed by atoms with Crippen LogP contribution in [-0.4, -0.2) is 46.8 Å². The van der Waals surface area contributed by atoms with Crippen molar-refractivity contribution in [3.63, 3.8) is 0 Å². The molecule has 0 radical (unpaired) electrons. The topological polar surface area (TPSA) is 78.9 Å². The molecule has 2 N–H and O–H groups in total. The van der Waals surface area contributed by atoms with Gasteiger partial charge in [-0.1, -0.05) is 6.92 Å². The van der Waals surface area contributed by atoms with Crippen molar-refractivity contribution in [3.8, 4) is 0 Å². The fourth-order valence-electron chi connectivity index (χ4n) is 4.13. The third-order valence-corrected chi connectivity index (χ3v) is 6.07. The number of aliphatic carboxylic acids is 1. The summed E-state index contributed by atoms with van der Waals surface area (Å²) in [5.41, 5.74) is -2.92. The summed E-state index contributed by atoms with van der Waals surface area (Å²) >= 11 is 0. The first kappa shape index (κ1) is 25.1. The highest BCUT2D eigenvalue weighted by molar-refractivity contribution is 5.72. The van der Waals surface area contributed by atoms with Crippen molar-refractivity contribution in [3.05, 3.63) is 34.9 Å². The van der Waals surface area contributed by atoms with Gasteiger partial charge in [0.1, 0.15) is 6.10 Å². The van der Waals surface area contributed by atoms with E-state index in [1.165, 1.54) is 4.90 Å². The van der Waals surface area contributed by atoms with Crippen molar-refractivity contribution >= 4 is 12.1 Å². The Kier molecular flexibility index (Phi) is 7.15. The largest absolute Gasteiger partial charge is 0.481 e. The van der Waals surface area contributed by atoms with Crippen molar-refractivity contribution < 1.29 is 45.8 Å². The number of hydrogen-bond acceptors (Lipinski definition) is 4. The predicted molar refractivity (Wildman–Crippen MR) is 103 cm³/mol. The molecule has 1 amide bonds. The van der Waals surface area contributed by atoms with Crippen LogP contribution in [0.3, 0.4) is 0 Å². The first-order chi connectivity index (χ1) is 15.3. The van der Waals surface area contributed by atoms with Gasteiger partial charge in [0.15, 0.2) is 0 Å². The van der Waals surface area contributed by atoms with Gasteiger partial charge in [-0.3, -0.25) is 4.79 Å². The standard InChI is InChI=1S/C21H24F6N2O4/c1-2-16-8-15(10-29(16)19(32)33-17-5-12(6-17)18(30)31)28-9-11-3-13(20(22,23)24)7-14(4-11)21(25,26)27/h3-4,7,12,15-17,28H,2,5-6,8-10H2,1H3,(H,30,31)/t12?,15-,16+,17?/m0/s1. The Morgan fingerprint density at radius 1 is 1.06 bits per heavy atom. The van der Waals surface area contributed by atoms with Crippen molar-refractivity contribution in [1.82, 2.24) is 10.2 Å². The molecule has 12 heteroatoms. The number of carboxylic acid groups (broad SMARTS) is 1.